The average Bonchev–Trinajstić information content (AvgIpc) is 2.60. The van der Waals surface area contributed by atoms with Gasteiger partial charge in [0.2, 0.25) is 0 Å². The molecule has 1 aromatic rings. The Bertz CT molecular complexity index is 498. The Hall–Kier alpha value is -2.44. The Morgan fingerprint density at radius 2 is 2.25 bits per heavy atom. The normalized spacial score (nSPS) is 12.9. The quantitative estimate of drug-likeness (QED) is 0.546. The third-order valence-electron chi connectivity index (χ3n) is 2.08. The van der Waals surface area contributed by atoms with E-state index in [4.69, 9.17) is 5.11 Å². The standard InChI is InChI=1S/C9H7N3O4/c13-7-5-1-4(12-8(14)9(15)16)2-10-6(5)3-11-7/h1-2H,3H2,(H,11,13)(H,12,14)(H,15,16). The van der Waals surface area contributed by atoms with Gasteiger partial charge < -0.3 is 15.7 Å². The summed E-state index contributed by atoms with van der Waals surface area (Å²) in [6, 6.07) is 1.39. The van der Waals surface area contributed by atoms with E-state index in [0.717, 1.165) is 0 Å². The number of anilines is 1. The van der Waals surface area contributed by atoms with E-state index in [1.54, 1.807) is 0 Å². The maximum Gasteiger partial charge on any atom is 0.394 e. The molecule has 0 unspecified atom stereocenters. The zero-order valence-corrected chi connectivity index (χ0v) is 7.98. The smallest absolute Gasteiger partial charge is 0.394 e. The van der Waals surface area contributed by atoms with E-state index in [1.165, 1.54) is 12.3 Å². The monoisotopic (exact) mass is 221 g/mol. The summed E-state index contributed by atoms with van der Waals surface area (Å²) in [7, 11) is 0. The van der Waals surface area contributed by atoms with Crippen LogP contribution in [0.5, 0.6) is 0 Å². The summed E-state index contributed by atoms with van der Waals surface area (Å²) in [5, 5.41) is 13.0. The molecule has 0 bridgehead atoms. The van der Waals surface area contributed by atoms with E-state index in [0.29, 0.717) is 17.8 Å². The van der Waals surface area contributed by atoms with Gasteiger partial charge in [-0.15, -0.1) is 0 Å². The second-order valence-electron chi connectivity index (χ2n) is 3.16. The molecule has 0 aromatic carbocycles. The van der Waals surface area contributed by atoms with Crippen molar-refractivity contribution >= 4 is 23.5 Å². The third kappa shape index (κ3) is 1.70. The Morgan fingerprint density at radius 1 is 1.50 bits per heavy atom. The fraction of sp³-hybridized carbons (Fsp3) is 0.111. The lowest BCUT2D eigenvalue weighted by molar-refractivity contribution is -0.147. The number of carboxylic acids is 1. The number of rotatable bonds is 1. The Kier molecular flexibility index (Phi) is 2.28. The van der Waals surface area contributed by atoms with E-state index < -0.39 is 11.9 Å². The summed E-state index contributed by atoms with van der Waals surface area (Å²) in [6.07, 6.45) is 1.31. The molecule has 0 fully saturated rings. The number of nitrogens with one attached hydrogen (secondary N) is 2. The highest BCUT2D eigenvalue weighted by Crippen LogP contribution is 2.17. The molecule has 1 aliphatic heterocycles. The minimum atomic E-state index is -1.59. The van der Waals surface area contributed by atoms with Crippen molar-refractivity contribution in [2.45, 2.75) is 6.54 Å². The second-order valence-corrected chi connectivity index (χ2v) is 3.16. The van der Waals surface area contributed by atoms with Crippen molar-refractivity contribution in [3.8, 4) is 0 Å². The van der Waals surface area contributed by atoms with Crippen LogP contribution in [0, 0.1) is 0 Å². The van der Waals surface area contributed by atoms with Crippen LogP contribution in [-0.4, -0.2) is 27.9 Å². The van der Waals surface area contributed by atoms with Crippen LogP contribution in [0.25, 0.3) is 0 Å². The molecule has 0 atom stereocenters. The largest absolute Gasteiger partial charge is 0.474 e. The summed E-state index contributed by atoms with van der Waals surface area (Å²) in [5.74, 6) is -3.04. The van der Waals surface area contributed by atoms with Gasteiger partial charge >= 0.3 is 11.9 Å². The lowest BCUT2D eigenvalue weighted by atomic mass is 10.2. The molecular weight excluding hydrogens is 214 g/mol. The predicted octanol–water partition coefficient (Wildman–Crippen LogP) is -0.652. The molecule has 0 saturated carbocycles. The summed E-state index contributed by atoms with van der Waals surface area (Å²) in [4.78, 5) is 36.3. The van der Waals surface area contributed by atoms with Crippen LogP contribution in [0.1, 0.15) is 16.1 Å². The highest BCUT2D eigenvalue weighted by atomic mass is 16.4. The van der Waals surface area contributed by atoms with Crippen LogP contribution in [0.4, 0.5) is 5.69 Å². The highest BCUT2D eigenvalue weighted by molar-refractivity contribution is 6.36. The highest BCUT2D eigenvalue weighted by Gasteiger charge is 2.21. The summed E-state index contributed by atoms with van der Waals surface area (Å²) >= 11 is 0. The number of aliphatic carboxylic acids is 1. The SMILES string of the molecule is O=C(O)C(=O)Nc1cnc2c(c1)C(=O)NC2. The van der Waals surface area contributed by atoms with E-state index in [9.17, 15) is 14.4 Å². The van der Waals surface area contributed by atoms with Gasteiger partial charge in [-0.1, -0.05) is 0 Å². The molecule has 1 aromatic heterocycles. The summed E-state index contributed by atoms with van der Waals surface area (Å²) in [5.41, 5.74) is 1.12. The van der Waals surface area contributed by atoms with Crippen LogP contribution < -0.4 is 10.6 Å². The lowest BCUT2D eigenvalue weighted by Gasteiger charge is -2.02. The number of fused-ring (bicyclic) bond motifs is 1. The van der Waals surface area contributed by atoms with Crippen LogP contribution in [-0.2, 0) is 16.1 Å². The fourth-order valence-corrected chi connectivity index (χ4v) is 1.34. The van der Waals surface area contributed by atoms with Crippen molar-refractivity contribution in [3.63, 3.8) is 0 Å². The van der Waals surface area contributed by atoms with Gasteiger partial charge in [-0.25, -0.2) is 4.79 Å². The van der Waals surface area contributed by atoms with Gasteiger partial charge in [0.25, 0.3) is 5.91 Å². The van der Waals surface area contributed by atoms with E-state index >= 15 is 0 Å². The van der Waals surface area contributed by atoms with Crippen molar-refractivity contribution in [3.05, 3.63) is 23.5 Å². The molecule has 2 heterocycles. The zero-order valence-electron chi connectivity index (χ0n) is 7.98. The van der Waals surface area contributed by atoms with Crippen molar-refractivity contribution in [2.75, 3.05) is 5.32 Å². The van der Waals surface area contributed by atoms with Gasteiger partial charge in [0.05, 0.1) is 29.7 Å². The van der Waals surface area contributed by atoms with Gasteiger partial charge in [-0.05, 0) is 6.07 Å². The molecule has 0 radical (unpaired) electrons. The van der Waals surface area contributed by atoms with E-state index in [1.807, 2.05) is 0 Å². The first-order valence-corrected chi connectivity index (χ1v) is 4.39. The number of carbonyl (C=O) groups excluding carboxylic acids is 2. The topological polar surface area (TPSA) is 108 Å². The average molecular weight is 221 g/mol. The molecule has 16 heavy (non-hydrogen) atoms. The molecule has 2 rings (SSSR count). The number of pyridine rings is 1. The first-order chi connectivity index (χ1) is 7.58. The van der Waals surface area contributed by atoms with Crippen molar-refractivity contribution < 1.29 is 19.5 Å². The number of carboxylic acid groups (broad SMARTS) is 1. The molecule has 7 heteroatoms. The summed E-state index contributed by atoms with van der Waals surface area (Å²) in [6.45, 7) is 0.349. The van der Waals surface area contributed by atoms with Gasteiger partial charge in [-0.2, -0.15) is 0 Å². The lowest BCUT2D eigenvalue weighted by Crippen LogP contribution is -2.22. The van der Waals surface area contributed by atoms with Crippen molar-refractivity contribution in [1.82, 2.24) is 10.3 Å². The second kappa shape index (κ2) is 3.61. The van der Waals surface area contributed by atoms with Gasteiger partial charge in [-0.3, -0.25) is 14.6 Å². The predicted molar refractivity (Wildman–Crippen MR) is 51.7 cm³/mol. The Labute approximate surface area is 89.5 Å². The maximum atomic E-state index is 11.3. The van der Waals surface area contributed by atoms with Crippen LogP contribution in [0.3, 0.4) is 0 Å². The van der Waals surface area contributed by atoms with Crippen LogP contribution >= 0.6 is 0 Å². The minimum Gasteiger partial charge on any atom is -0.474 e. The minimum absolute atomic E-state index is 0.184. The number of aromatic nitrogens is 1. The molecule has 0 aliphatic carbocycles. The molecule has 2 amide bonds. The van der Waals surface area contributed by atoms with Crippen molar-refractivity contribution in [1.29, 1.82) is 0 Å². The number of amides is 2. The molecule has 0 saturated heterocycles. The first-order valence-electron chi connectivity index (χ1n) is 4.39. The Balaban J connectivity index is 2.25. The number of nitrogens with zero attached hydrogens (tertiary/aromatic N) is 1. The number of carbonyl (C=O) groups is 3. The van der Waals surface area contributed by atoms with E-state index in [-0.39, 0.29) is 11.6 Å². The Morgan fingerprint density at radius 3 is 2.94 bits per heavy atom. The number of hydrogen-bond acceptors (Lipinski definition) is 4. The van der Waals surface area contributed by atoms with Crippen LogP contribution in [0.2, 0.25) is 0 Å². The molecule has 7 nitrogen and oxygen atoms in total. The van der Waals surface area contributed by atoms with E-state index in [2.05, 4.69) is 15.6 Å². The summed E-state index contributed by atoms with van der Waals surface area (Å²) < 4.78 is 0. The van der Waals surface area contributed by atoms with Gasteiger partial charge in [0.15, 0.2) is 0 Å². The first kappa shape index (κ1) is 10.1. The third-order valence-corrected chi connectivity index (χ3v) is 2.08. The maximum absolute atomic E-state index is 11.3. The fourth-order valence-electron chi connectivity index (χ4n) is 1.34. The molecule has 0 spiro atoms. The van der Waals surface area contributed by atoms with Crippen LogP contribution in [0.15, 0.2) is 12.3 Å². The molecule has 1 aliphatic rings. The number of hydrogen-bond donors (Lipinski definition) is 3. The molecule has 3 N–H and O–H groups in total. The van der Waals surface area contributed by atoms with Gasteiger partial charge in [0, 0.05) is 0 Å². The van der Waals surface area contributed by atoms with Crippen molar-refractivity contribution in [2.24, 2.45) is 0 Å². The zero-order chi connectivity index (χ0) is 11.7. The van der Waals surface area contributed by atoms with Gasteiger partial charge in [0.1, 0.15) is 0 Å². The molecular formula is C9H7N3O4. The molecule has 82 valence electrons.